The molecule has 4 unspecified atom stereocenters. The van der Waals surface area contributed by atoms with Crippen molar-refractivity contribution in [1.29, 1.82) is 0 Å². The average molecular weight is 267 g/mol. The highest BCUT2D eigenvalue weighted by molar-refractivity contribution is 5.09. The van der Waals surface area contributed by atoms with Crippen LogP contribution in [0.15, 0.2) is 0 Å². The summed E-state index contributed by atoms with van der Waals surface area (Å²) >= 11 is 0. The molecular weight excluding hydrogens is 234 g/mol. The molecule has 2 nitrogen and oxygen atoms in total. The third kappa shape index (κ3) is 2.47. The molecule has 2 saturated carbocycles. The van der Waals surface area contributed by atoms with Crippen LogP contribution in [0.3, 0.4) is 0 Å². The first-order chi connectivity index (χ1) is 8.78. The number of nitrogens with two attached hydrogens (primary N) is 1. The minimum Gasteiger partial charge on any atom is -0.389 e. The van der Waals surface area contributed by atoms with E-state index >= 15 is 0 Å². The van der Waals surface area contributed by atoms with Crippen molar-refractivity contribution in [2.45, 2.75) is 78.2 Å². The topological polar surface area (TPSA) is 46.2 Å². The van der Waals surface area contributed by atoms with E-state index in [9.17, 15) is 5.11 Å². The van der Waals surface area contributed by atoms with Gasteiger partial charge in [-0.2, -0.15) is 0 Å². The second kappa shape index (κ2) is 5.04. The van der Waals surface area contributed by atoms with Crippen LogP contribution in [0.5, 0.6) is 0 Å². The zero-order chi connectivity index (χ0) is 14.3. The Hall–Kier alpha value is -0.0800. The van der Waals surface area contributed by atoms with Gasteiger partial charge in [-0.3, -0.25) is 0 Å². The fourth-order valence-electron chi connectivity index (χ4n) is 5.00. The number of hydrogen-bond donors (Lipinski definition) is 2. The van der Waals surface area contributed by atoms with Crippen LogP contribution < -0.4 is 5.73 Å². The molecule has 0 aromatic heterocycles. The summed E-state index contributed by atoms with van der Waals surface area (Å²) in [7, 11) is 0. The van der Waals surface area contributed by atoms with Gasteiger partial charge in [-0.15, -0.1) is 0 Å². The van der Waals surface area contributed by atoms with E-state index in [-0.39, 0.29) is 5.41 Å². The van der Waals surface area contributed by atoms with E-state index in [0.717, 1.165) is 38.0 Å². The summed E-state index contributed by atoms with van der Waals surface area (Å²) in [6.45, 7) is 9.85. The van der Waals surface area contributed by atoms with E-state index < -0.39 is 5.60 Å². The lowest BCUT2D eigenvalue weighted by Crippen LogP contribution is -2.58. The largest absolute Gasteiger partial charge is 0.389 e. The third-order valence-electron chi connectivity index (χ3n) is 6.45. The fraction of sp³-hybridized carbons (Fsp3) is 1.00. The van der Waals surface area contributed by atoms with Gasteiger partial charge in [0.2, 0.25) is 0 Å². The molecule has 0 spiro atoms. The zero-order valence-corrected chi connectivity index (χ0v) is 13.3. The second-order valence-corrected chi connectivity index (χ2v) is 8.20. The summed E-state index contributed by atoms with van der Waals surface area (Å²) in [4.78, 5) is 0. The predicted octanol–water partition coefficient (Wildman–Crippen LogP) is 3.72. The highest BCUT2D eigenvalue weighted by Crippen LogP contribution is 2.58. The van der Waals surface area contributed by atoms with Crippen LogP contribution >= 0.6 is 0 Å². The van der Waals surface area contributed by atoms with Crippen LogP contribution in [0.1, 0.15) is 72.6 Å². The Bertz CT molecular complexity index is 327. The van der Waals surface area contributed by atoms with Gasteiger partial charge in [0, 0.05) is 12.0 Å². The minimum absolute atomic E-state index is 0.0103. The van der Waals surface area contributed by atoms with Crippen molar-refractivity contribution in [1.82, 2.24) is 0 Å². The molecular formula is C17H33NO. The standard InChI is InChI=1S/C17H33NO/c1-5-14-6-7-16(11-14,12-18)17(19)9-8-15(3,4)10-13(17)2/h13-14,19H,5-12,18H2,1-4H3. The molecule has 0 aromatic carbocycles. The average Bonchev–Trinajstić information content (AvgIpc) is 2.79. The van der Waals surface area contributed by atoms with Crippen molar-refractivity contribution < 1.29 is 5.11 Å². The maximum Gasteiger partial charge on any atom is 0.0741 e. The Morgan fingerprint density at radius 1 is 1.16 bits per heavy atom. The van der Waals surface area contributed by atoms with Gasteiger partial charge in [-0.05, 0) is 55.8 Å². The first kappa shape index (κ1) is 15.3. The first-order valence-electron chi connectivity index (χ1n) is 8.21. The highest BCUT2D eigenvalue weighted by Gasteiger charge is 2.57. The summed E-state index contributed by atoms with van der Waals surface area (Å²) in [5.74, 6) is 1.14. The van der Waals surface area contributed by atoms with E-state index in [2.05, 4.69) is 27.7 Å². The summed E-state index contributed by atoms with van der Waals surface area (Å²) in [6.07, 6.45) is 7.96. The van der Waals surface area contributed by atoms with Crippen molar-refractivity contribution >= 4 is 0 Å². The third-order valence-corrected chi connectivity index (χ3v) is 6.45. The lowest BCUT2D eigenvalue weighted by molar-refractivity contribution is -0.156. The van der Waals surface area contributed by atoms with E-state index in [1.807, 2.05) is 0 Å². The highest BCUT2D eigenvalue weighted by atomic mass is 16.3. The molecule has 2 rings (SSSR count). The Morgan fingerprint density at radius 2 is 1.84 bits per heavy atom. The van der Waals surface area contributed by atoms with Gasteiger partial charge >= 0.3 is 0 Å². The van der Waals surface area contributed by atoms with Gasteiger partial charge in [-0.25, -0.2) is 0 Å². The molecule has 0 bridgehead atoms. The fourth-order valence-corrected chi connectivity index (χ4v) is 5.00. The van der Waals surface area contributed by atoms with E-state index in [1.54, 1.807) is 0 Å². The van der Waals surface area contributed by atoms with Gasteiger partial charge in [-0.1, -0.05) is 34.1 Å². The Labute approximate surface area is 119 Å². The molecule has 0 saturated heterocycles. The molecule has 4 atom stereocenters. The lowest BCUT2D eigenvalue weighted by Gasteiger charge is -2.54. The molecule has 0 radical (unpaired) electrons. The molecule has 112 valence electrons. The molecule has 2 heteroatoms. The van der Waals surface area contributed by atoms with Crippen molar-refractivity contribution in [2.24, 2.45) is 28.4 Å². The van der Waals surface area contributed by atoms with Gasteiger partial charge in [0.1, 0.15) is 0 Å². The van der Waals surface area contributed by atoms with E-state index in [1.165, 1.54) is 12.8 Å². The predicted molar refractivity (Wildman–Crippen MR) is 80.9 cm³/mol. The first-order valence-corrected chi connectivity index (χ1v) is 8.21. The molecule has 19 heavy (non-hydrogen) atoms. The summed E-state index contributed by atoms with van der Waals surface area (Å²) < 4.78 is 0. The second-order valence-electron chi connectivity index (χ2n) is 8.20. The normalized spacial score (nSPS) is 46.4. The Balaban J connectivity index is 2.23. The van der Waals surface area contributed by atoms with Crippen LogP contribution in [0, 0.1) is 22.7 Å². The molecule has 2 fully saturated rings. The minimum atomic E-state index is -0.527. The Morgan fingerprint density at radius 3 is 2.32 bits per heavy atom. The smallest absolute Gasteiger partial charge is 0.0741 e. The van der Waals surface area contributed by atoms with Crippen LogP contribution in [-0.2, 0) is 0 Å². The van der Waals surface area contributed by atoms with Gasteiger partial charge in [0.25, 0.3) is 0 Å². The van der Waals surface area contributed by atoms with Crippen molar-refractivity contribution in [3.8, 4) is 0 Å². The van der Waals surface area contributed by atoms with Crippen LogP contribution in [0.4, 0.5) is 0 Å². The quantitative estimate of drug-likeness (QED) is 0.818. The summed E-state index contributed by atoms with van der Waals surface area (Å²) in [5.41, 5.74) is 6.01. The number of aliphatic hydroxyl groups is 1. The van der Waals surface area contributed by atoms with E-state index in [0.29, 0.717) is 17.9 Å². The SMILES string of the molecule is CCC1CCC(CN)(C2(O)CCC(C)(C)CC2C)C1. The molecule has 0 amide bonds. The van der Waals surface area contributed by atoms with Crippen LogP contribution in [0.25, 0.3) is 0 Å². The number of rotatable bonds is 3. The summed E-state index contributed by atoms with van der Waals surface area (Å²) in [5, 5.41) is 11.5. The zero-order valence-electron chi connectivity index (χ0n) is 13.3. The monoisotopic (exact) mass is 267 g/mol. The summed E-state index contributed by atoms with van der Waals surface area (Å²) in [6, 6.07) is 0. The molecule has 3 N–H and O–H groups in total. The van der Waals surface area contributed by atoms with Crippen molar-refractivity contribution in [2.75, 3.05) is 6.54 Å². The molecule has 0 heterocycles. The van der Waals surface area contributed by atoms with Crippen molar-refractivity contribution in [3.63, 3.8) is 0 Å². The van der Waals surface area contributed by atoms with E-state index in [4.69, 9.17) is 5.73 Å². The molecule has 2 aliphatic rings. The molecule has 2 aliphatic carbocycles. The molecule has 0 aliphatic heterocycles. The lowest BCUT2D eigenvalue weighted by atomic mass is 9.55. The van der Waals surface area contributed by atoms with Gasteiger partial charge < -0.3 is 10.8 Å². The van der Waals surface area contributed by atoms with Gasteiger partial charge in [0.15, 0.2) is 0 Å². The van der Waals surface area contributed by atoms with Crippen molar-refractivity contribution in [3.05, 3.63) is 0 Å². The maximum absolute atomic E-state index is 11.5. The van der Waals surface area contributed by atoms with Gasteiger partial charge in [0.05, 0.1) is 5.60 Å². The Kier molecular flexibility index (Phi) is 4.06. The number of hydrogen-bond acceptors (Lipinski definition) is 2. The van der Waals surface area contributed by atoms with Crippen LogP contribution in [-0.4, -0.2) is 17.3 Å². The van der Waals surface area contributed by atoms with Crippen LogP contribution in [0.2, 0.25) is 0 Å². The maximum atomic E-state index is 11.5. The molecule has 0 aromatic rings.